The van der Waals surface area contributed by atoms with Gasteiger partial charge in [0.2, 0.25) is 0 Å². The fourth-order valence-corrected chi connectivity index (χ4v) is 1.25. The van der Waals surface area contributed by atoms with Crippen molar-refractivity contribution >= 4 is 40.0 Å². The highest BCUT2D eigenvalue weighted by molar-refractivity contribution is 6.68. The van der Waals surface area contributed by atoms with Gasteiger partial charge in [0, 0.05) is 16.7 Å². The molecule has 3 nitrogen and oxygen atoms in total. The van der Waals surface area contributed by atoms with E-state index in [9.17, 15) is 14.4 Å². The highest BCUT2D eigenvalue weighted by Crippen LogP contribution is 2.14. The van der Waals surface area contributed by atoms with E-state index in [-0.39, 0.29) is 16.7 Å². The molecule has 1 aromatic carbocycles. The van der Waals surface area contributed by atoms with Crippen molar-refractivity contribution in [2.75, 3.05) is 0 Å². The number of hydrogen-bond acceptors (Lipinski definition) is 3. The first-order valence-electron chi connectivity index (χ1n) is 3.55. The molecule has 72 valence electrons. The third kappa shape index (κ3) is 2.19. The molecule has 0 aliphatic carbocycles. The average Bonchev–Trinajstić information content (AvgIpc) is 2.16. The van der Waals surface area contributed by atoms with E-state index < -0.39 is 10.5 Å². The van der Waals surface area contributed by atoms with Gasteiger partial charge in [0.25, 0.3) is 10.5 Å². The van der Waals surface area contributed by atoms with Crippen molar-refractivity contribution in [2.24, 2.45) is 0 Å². The molecule has 0 aromatic heterocycles. The Bertz CT molecular complexity index is 413. The maximum atomic E-state index is 10.8. The first-order valence-corrected chi connectivity index (χ1v) is 4.30. The Kier molecular flexibility index (Phi) is 3.38. The molecule has 0 amide bonds. The number of hydrogen-bond donors (Lipinski definition) is 0. The fraction of sp³-hybridized carbons (Fsp3) is 0. The van der Waals surface area contributed by atoms with Crippen LogP contribution in [-0.4, -0.2) is 16.8 Å². The lowest BCUT2D eigenvalue weighted by Crippen LogP contribution is -1.99. The Hall–Kier alpha value is -1.19. The van der Waals surface area contributed by atoms with E-state index in [1.807, 2.05) is 0 Å². The quantitative estimate of drug-likeness (QED) is 0.592. The van der Waals surface area contributed by atoms with Gasteiger partial charge in [-0.1, -0.05) is 0 Å². The Labute approximate surface area is 89.6 Å². The maximum absolute atomic E-state index is 10.8. The van der Waals surface area contributed by atoms with E-state index in [0.717, 1.165) is 0 Å². The second-order valence-corrected chi connectivity index (χ2v) is 3.15. The van der Waals surface area contributed by atoms with Gasteiger partial charge in [-0.2, -0.15) is 0 Å². The first kappa shape index (κ1) is 10.9. The van der Waals surface area contributed by atoms with Gasteiger partial charge in [-0.3, -0.25) is 14.4 Å². The minimum absolute atomic E-state index is 0.0523. The molecule has 0 radical (unpaired) electrons. The van der Waals surface area contributed by atoms with Crippen molar-refractivity contribution in [3.05, 3.63) is 34.9 Å². The van der Waals surface area contributed by atoms with Crippen molar-refractivity contribution in [3.63, 3.8) is 0 Å². The lowest BCUT2D eigenvalue weighted by Gasteiger charge is -2.00. The Balaban J connectivity index is 3.32. The third-order valence-corrected chi connectivity index (χ3v) is 2.04. The molecule has 0 aliphatic rings. The molecule has 5 heteroatoms. The van der Waals surface area contributed by atoms with Gasteiger partial charge < -0.3 is 0 Å². The summed E-state index contributed by atoms with van der Waals surface area (Å²) >= 11 is 10.4. The van der Waals surface area contributed by atoms with Gasteiger partial charge in [-0.05, 0) is 41.4 Å². The molecule has 0 unspecified atom stereocenters. The minimum atomic E-state index is -0.749. The van der Waals surface area contributed by atoms with Crippen LogP contribution in [0.25, 0.3) is 0 Å². The molecule has 14 heavy (non-hydrogen) atoms. The third-order valence-electron chi connectivity index (χ3n) is 1.62. The second kappa shape index (κ2) is 4.35. The lowest BCUT2D eigenvalue weighted by molar-refractivity contribution is 0.106. The molecular formula is C9H4Cl2O3. The van der Waals surface area contributed by atoms with E-state index in [0.29, 0.717) is 6.29 Å². The summed E-state index contributed by atoms with van der Waals surface area (Å²) in [5.41, 5.74) is 0.260. The molecule has 0 saturated heterocycles. The lowest BCUT2D eigenvalue weighted by atomic mass is 10.1. The van der Waals surface area contributed by atoms with Gasteiger partial charge in [0.05, 0.1) is 0 Å². The summed E-state index contributed by atoms with van der Waals surface area (Å²) < 4.78 is 0. The molecule has 0 fully saturated rings. The Morgan fingerprint density at radius 3 is 2.21 bits per heavy atom. The zero-order valence-electron chi connectivity index (χ0n) is 6.79. The van der Waals surface area contributed by atoms with Gasteiger partial charge >= 0.3 is 0 Å². The molecule has 1 aromatic rings. The minimum Gasteiger partial charge on any atom is -0.298 e. The molecule has 0 atom stereocenters. The van der Waals surface area contributed by atoms with E-state index in [1.54, 1.807) is 0 Å². The second-order valence-electron chi connectivity index (χ2n) is 2.47. The summed E-state index contributed by atoms with van der Waals surface area (Å²) in [6.45, 7) is 0. The molecule has 0 spiro atoms. The highest BCUT2D eigenvalue weighted by atomic mass is 35.5. The standard InChI is InChI=1S/C9H4Cl2O3/c10-8(13)5-1-2-7(9(11)14)6(3-5)4-12/h1-4H. The normalized spacial score (nSPS) is 9.57. The zero-order chi connectivity index (χ0) is 10.7. The van der Waals surface area contributed by atoms with Crippen LogP contribution in [-0.2, 0) is 0 Å². The van der Waals surface area contributed by atoms with Crippen molar-refractivity contribution in [2.45, 2.75) is 0 Å². The largest absolute Gasteiger partial charge is 0.298 e. The van der Waals surface area contributed by atoms with Crippen molar-refractivity contribution < 1.29 is 14.4 Å². The first-order chi connectivity index (χ1) is 6.56. The summed E-state index contributed by atoms with van der Waals surface area (Å²) in [5, 5.41) is -1.44. The van der Waals surface area contributed by atoms with Crippen LogP contribution >= 0.6 is 23.2 Å². The molecule has 0 saturated carbocycles. The summed E-state index contributed by atoms with van der Waals surface area (Å²) in [7, 11) is 0. The smallest absolute Gasteiger partial charge is 0.253 e. The predicted molar refractivity (Wildman–Crippen MR) is 52.2 cm³/mol. The summed E-state index contributed by atoms with van der Waals surface area (Å²) in [6, 6.07) is 3.84. The number of rotatable bonds is 3. The molecular weight excluding hydrogens is 227 g/mol. The monoisotopic (exact) mass is 230 g/mol. The Morgan fingerprint density at radius 1 is 1.14 bits per heavy atom. The van der Waals surface area contributed by atoms with E-state index in [4.69, 9.17) is 23.2 Å². The van der Waals surface area contributed by atoms with Crippen LogP contribution < -0.4 is 0 Å². The van der Waals surface area contributed by atoms with Crippen LogP contribution in [0, 0.1) is 0 Å². The Morgan fingerprint density at radius 2 is 1.79 bits per heavy atom. The van der Waals surface area contributed by atoms with Gasteiger partial charge in [0.15, 0.2) is 6.29 Å². The van der Waals surface area contributed by atoms with Crippen LogP contribution in [0.2, 0.25) is 0 Å². The van der Waals surface area contributed by atoms with E-state index in [2.05, 4.69) is 0 Å². The predicted octanol–water partition coefficient (Wildman–Crippen LogP) is 2.26. The van der Waals surface area contributed by atoms with Crippen molar-refractivity contribution in [1.29, 1.82) is 0 Å². The SMILES string of the molecule is O=Cc1cc(C(=O)Cl)ccc1C(=O)Cl. The molecule has 1 rings (SSSR count). The number of carbonyl (C=O) groups excluding carboxylic acids is 3. The molecule has 0 aliphatic heterocycles. The molecule has 0 bridgehead atoms. The van der Waals surface area contributed by atoms with Crippen LogP contribution in [0.15, 0.2) is 18.2 Å². The van der Waals surface area contributed by atoms with Crippen LogP contribution in [0.5, 0.6) is 0 Å². The van der Waals surface area contributed by atoms with E-state index in [1.165, 1.54) is 18.2 Å². The van der Waals surface area contributed by atoms with E-state index >= 15 is 0 Å². The average molecular weight is 231 g/mol. The van der Waals surface area contributed by atoms with Gasteiger partial charge in [0.1, 0.15) is 0 Å². The van der Waals surface area contributed by atoms with Crippen molar-refractivity contribution in [1.82, 2.24) is 0 Å². The zero-order valence-corrected chi connectivity index (χ0v) is 8.30. The summed E-state index contributed by atoms with van der Waals surface area (Å²) in [5.74, 6) is 0. The fourth-order valence-electron chi connectivity index (χ4n) is 0.961. The number of carbonyl (C=O) groups is 3. The molecule has 0 N–H and O–H groups in total. The molecule has 0 heterocycles. The van der Waals surface area contributed by atoms with Gasteiger partial charge in [-0.15, -0.1) is 0 Å². The van der Waals surface area contributed by atoms with Crippen LogP contribution in [0.3, 0.4) is 0 Å². The van der Waals surface area contributed by atoms with Gasteiger partial charge in [-0.25, -0.2) is 0 Å². The number of aldehydes is 1. The topological polar surface area (TPSA) is 51.2 Å². The number of halogens is 2. The van der Waals surface area contributed by atoms with Crippen LogP contribution in [0.1, 0.15) is 31.1 Å². The van der Waals surface area contributed by atoms with Crippen LogP contribution in [0.4, 0.5) is 0 Å². The van der Waals surface area contributed by atoms with Crippen molar-refractivity contribution in [3.8, 4) is 0 Å². The number of benzene rings is 1. The highest BCUT2D eigenvalue weighted by Gasteiger charge is 2.11. The summed E-state index contributed by atoms with van der Waals surface area (Å²) in [6.07, 6.45) is 0.443. The maximum Gasteiger partial charge on any atom is 0.253 e. The summed E-state index contributed by atoms with van der Waals surface area (Å²) in [4.78, 5) is 32.1.